The van der Waals surface area contributed by atoms with E-state index in [-0.39, 0.29) is 38.7 Å². The van der Waals surface area contributed by atoms with E-state index in [4.69, 9.17) is 11.6 Å². The molecule has 1 N–H and O–H groups in total. The molecule has 1 unspecified atom stereocenters. The summed E-state index contributed by atoms with van der Waals surface area (Å²) in [4.78, 5) is 40.5. The molecule has 1 heterocycles. The minimum Gasteiger partial charge on any atom is -0.369 e. The number of piperidine rings is 1. The van der Waals surface area contributed by atoms with Crippen molar-refractivity contribution in [2.75, 3.05) is 13.1 Å². The van der Waals surface area contributed by atoms with E-state index < -0.39 is 11.5 Å². The molecule has 1 atom stereocenters. The number of Topliss-reactive ketones (excluding diaryl/α,β-unsaturated/α-hetero) is 1. The van der Waals surface area contributed by atoms with Gasteiger partial charge in [-0.1, -0.05) is 61.0 Å². The maximum absolute atomic E-state index is 13.5. The second-order valence-electron chi connectivity index (χ2n) is 8.63. The Morgan fingerprint density at radius 3 is 2.24 bits per heavy atom. The number of likely N-dealkylation sites (tertiary alicyclic amines) is 1. The van der Waals surface area contributed by atoms with Crippen LogP contribution in [0.5, 0.6) is 0 Å². The monoisotopic (exact) mass is 651 g/mol. The van der Waals surface area contributed by atoms with Crippen molar-refractivity contribution in [2.45, 2.75) is 57.4 Å². The molecule has 1 aliphatic heterocycles. The maximum Gasteiger partial charge on any atom is 2.00 e. The summed E-state index contributed by atoms with van der Waals surface area (Å²) >= 11 is 5.99. The van der Waals surface area contributed by atoms with Crippen LogP contribution in [0.25, 0.3) is 0 Å². The van der Waals surface area contributed by atoms with Gasteiger partial charge in [0.2, 0.25) is 5.91 Å². The first-order chi connectivity index (χ1) is 15.9. The van der Waals surface area contributed by atoms with Crippen LogP contribution in [0.4, 0.5) is 0 Å². The van der Waals surface area contributed by atoms with Gasteiger partial charge in [0.25, 0.3) is 0 Å². The standard InChI is InChI=1S/C27H32ClN2O3.W/c1-3-8-24(31)27(21-9-6-5-7-10-21)15-17-30(18-16-27)26(33)23(29-25(32)4-2)19-20-11-13-22(28)14-12-20;/h4-7,9-14,23H,3,8,15-19H2,1-2H3,(H,29,32);/q-1;+2. The average Bonchev–Trinajstić information content (AvgIpc) is 2.85. The van der Waals surface area contributed by atoms with Gasteiger partial charge in [-0.15, -0.1) is 0 Å². The molecule has 3 rings (SSSR count). The van der Waals surface area contributed by atoms with Crippen LogP contribution in [-0.2, 0) is 47.3 Å². The maximum atomic E-state index is 13.5. The molecule has 0 aromatic heterocycles. The molecule has 7 heteroatoms. The quantitative estimate of drug-likeness (QED) is 0.406. The third-order valence-corrected chi connectivity index (χ3v) is 6.75. The van der Waals surface area contributed by atoms with Crippen LogP contribution in [0.1, 0.15) is 50.7 Å². The smallest absolute Gasteiger partial charge is 0.369 e. The molecule has 180 valence electrons. The number of rotatable bonds is 9. The number of amides is 2. The molecule has 0 bridgehead atoms. The van der Waals surface area contributed by atoms with Gasteiger partial charge in [-0.05, 0) is 42.5 Å². The fourth-order valence-electron chi connectivity index (χ4n) is 4.59. The molecular formula is C27H32ClN2O3W+. The van der Waals surface area contributed by atoms with Gasteiger partial charge < -0.3 is 21.4 Å². The molecule has 2 amide bonds. The molecule has 0 aliphatic carbocycles. The Hall–Kier alpha value is -2.10. The summed E-state index contributed by atoms with van der Waals surface area (Å²) in [6, 6.07) is 16.5. The Balaban J connectivity index is 0.00000408. The summed E-state index contributed by atoms with van der Waals surface area (Å²) in [5.74, 6) is -0.157. The molecule has 2 aromatic carbocycles. The zero-order valence-corrected chi connectivity index (χ0v) is 23.4. The van der Waals surface area contributed by atoms with Crippen molar-refractivity contribution >= 4 is 29.2 Å². The topological polar surface area (TPSA) is 66.5 Å². The van der Waals surface area contributed by atoms with Crippen molar-refractivity contribution < 1.29 is 35.4 Å². The Morgan fingerprint density at radius 2 is 1.68 bits per heavy atom. The summed E-state index contributed by atoms with van der Waals surface area (Å²) in [7, 11) is 0. The molecule has 0 radical (unpaired) electrons. The normalized spacial score (nSPS) is 15.6. The van der Waals surface area contributed by atoms with Gasteiger partial charge in [-0.3, -0.25) is 9.59 Å². The first-order valence-corrected chi connectivity index (χ1v) is 12.0. The number of nitrogens with one attached hydrogen (secondary N) is 1. The van der Waals surface area contributed by atoms with Crippen molar-refractivity contribution in [3.8, 4) is 0 Å². The van der Waals surface area contributed by atoms with Crippen molar-refractivity contribution in [1.82, 2.24) is 10.2 Å². The summed E-state index contributed by atoms with van der Waals surface area (Å²) < 4.78 is 0. The van der Waals surface area contributed by atoms with Gasteiger partial charge in [0, 0.05) is 31.0 Å². The fourth-order valence-corrected chi connectivity index (χ4v) is 4.72. The second kappa shape index (κ2) is 13.1. The van der Waals surface area contributed by atoms with Gasteiger partial charge in [0.15, 0.2) is 0 Å². The SMILES string of the molecule is C[CH-]C(=O)NC(Cc1ccc(Cl)cc1)C(=O)N1CCC(C(=O)CCC)(c2ccccc2)CC1.[W+2]. The van der Waals surface area contributed by atoms with Crippen molar-refractivity contribution in [1.29, 1.82) is 0 Å². The van der Waals surface area contributed by atoms with E-state index in [1.54, 1.807) is 24.0 Å². The van der Waals surface area contributed by atoms with E-state index >= 15 is 0 Å². The summed E-state index contributed by atoms with van der Waals surface area (Å²) in [6.07, 6.45) is 4.31. The molecule has 5 nitrogen and oxygen atoms in total. The van der Waals surface area contributed by atoms with E-state index in [0.29, 0.717) is 43.8 Å². The van der Waals surface area contributed by atoms with Crippen LogP contribution in [-0.4, -0.2) is 41.6 Å². The molecular weight excluding hydrogens is 620 g/mol. The summed E-state index contributed by atoms with van der Waals surface area (Å²) in [6.45, 7) is 4.62. The van der Waals surface area contributed by atoms with Crippen LogP contribution in [0.2, 0.25) is 5.02 Å². The molecule has 1 fully saturated rings. The molecule has 0 saturated carbocycles. The molecule has 0 spiro atoms. The Bertz CT molecular complexity index is 958. The molecule has 1 aliphatic rings. The zero-order valence-electron chi connectivity index (χ0n) is 19.8. The number of hydrogen-bond acceptors (Lipinski definition) is 3. The van der Waals surface area contributed by atoms with Gasteiger partial charge >= 0.3 is 21.1 Å². The van der Waals surface area contributed by atoms with E-state index in [1.807, 2.05) is 49.4 Å². The van der Waals surface area contributed by atoms with Crippen LogP contribution in [0.3, 0.4) is 0 Å². The van der Waals surface area contributed by atoms with Crippen molar-refractivity contribution in [3.63, 3.8) is 0 Å². The number of benzene rings is 2. The number of hydrogen-bond donors (Lipinski definition) is 1. The average molecular weight is 652 g/mol. The first kappa shape index (κ1) is 28.1. The van der Waals surface area contributed by atoms with Crippen molar-refractivity contribution in [2.24, 2.45) is 0 Å². The zero-order chi connectivity index (χ0) is 23.8. The number of ketones is 1. The van der Waals surface area contributed by atoms with Crippen LogP contribution in [0.15, 0.2) is 54.6 Å². The number of halogens is 1. The van der Waals surface area contributed by atoms with Crippen molar-refractivity contribution in [3.05, 3.63) is 77.2 Å². The second-order valence-corrected chi connectivity index (χ2v) is 9.06. The number of carbonyl (C=O) groups excluding carboxylic acids is 3. The largest absolute Gasteiger partial charge is 2.00 e. The van der Waals surface area contributed by atoms with Crippen LogP contribution in [0, 0.1) is 6.42 Å². The van der Waals surface area contributed by atoms with Gasteiger partial charge in [-0.25, -0.2) is 0 Å². The Kier molecular flexibility index (Phi) is 10.9. The van der Waals surface area contributed by atoms with Gasteiger partial charge in [0.05, 0.1) is 11.3 Å². The minimum atomic E-state index is -0.676. The minimum absolute atomic E-state index is 0. The van der Waals surface area contributed by atoms with Gasteiger partial charge in [0.1, 0.15) is 11.8 Å². The third kappa shape index (κ3) is 6.73. The molecule has 2 aromatic rings. The summed E-state index contributed by atoms with van der Waals surface area (Å²) in [5, 5.41) is 3.46. The molecule has 34 heavy (non-hydrogen) atoms. The van der Waals surface area contributed by atoms with Gasteiger partial charge in [-0.2, -0.15) is 6.92 Å². The number of carbonyl (C=O) groups is 3. The number of nitrogens with zero attached hydrogens (tertiary/aromatic N) is 1. The molecule has 1 saturated heterocycles. The van der Waals surface area contributed by atoms with E-state index in [1.165, 1.54) is 6.42 Å². The first-order valence-electron chi connectivity index (χ1n) is 11.6. The van der Waals surface area contributed by atoms with Crippen LogP contribution >= 0.6 is 11.6 Å². The van der Waals surface area contributed by atoms with E-state index in [2.05, 4.69) is 5.32 Å². The van der Waals surface area contributed by atoms with E-state index in [9.17, 15) is 14.4 Å². The predicted molar refractivity (Wildman–Crippen MR) is 131 cm³/mol. The summed E-state index contributed by atoms with van der Waals surface area (Å²) in [5.41, 5.74) is 1.39. The Morgan fingerprint density at radius 1 is 1.06 bits per heavy atom. The van der Waals surface area contributed by atoms with Crippen LogP contribution < -0.4 is 5.32 Å². The van der Waals surface area contributed by atoms with E-state index in [0.717, 1.165) is 17.5 Å². The Labute approximate surface area is 221 Å². The fraction of sp³-hybridized carbons (Fsp3) is 0.407. The predicted octanol–water partition coefficient (Wildman–Crippen LogP) is 4.52. The third-order valence-electron chi connectivity index (χ3n) is 6.50.